The van der Waals surface area contributed by atoms with Crippen LogP contribution < -0.4 is 0 Å². The monoisotopic (exact) mass is 609 g/mol. The molecule has 1 aliphatic carbocycles. The number of aliphatic carboxylic acids is 1. The number of aromatic nitrogens is 1. The summed E-state index contributed by atoms with van der Waals surface area (Å²) in [6.45, 7) is 3.62. The van der Waals surface area contributed by atoms with Crippen molar-refractivity contribution in [2.24, 2.45) is 5.41 Å². The van der Waals surface area contributed by atoms with Crippen LogP contribution >= 0.6 is 24.2 Å². The fourth-order valence-electron chi connectivity index (χ4n) is 5.89. The first-order valence-electron chi connectivity index (χ1n) is 14.1. The number of carbonyl (C=O) groups is 1. The molecule has 3 aromatic carbocycles. The van der Waals surface area contributed by atoms with E-state index in [-0.39, 0.29) is 52.6 Å². The van der Waals surface area contributed by atoms with Gasteiger partial charge >= 0.3 is 35.5 Å². The van der Waals surface area contributed by atoms with Crippen LogP contribution in [0.5, 0.6) is 0 Å². The number of carboxylic acids is 1. The minimum atomic E-state index is -0.944. The number of aliphatic hydroxyl groups is 1. The number of halogens is 1. The zero-order chi connectivity index (χ0) is 29.2. The number of hydrogen-bond donors (Lipinski definition) is 3. The molecule has 214 valence electrons. The van der Waals surface area contributed by atoms with Crippen molar-refractivity contribution in [2.45, 2.75) is 62.7 Å². The number of carboxylic acid groups (broad SMARTS) is 1. The number of hydrogen-bond acceptors (Lipinski definition) is 4. The fraction of sp³-hybridized carbons (Fsp3) is 0.314. The Morgan fingerprint density at radius 2 is 1.79 bits per heavy atom. The molecule has 1 fully saturated rings. The van der Waals surface area contributed by atoms with Gasteiger partial charge in [0.25, 0.3) is 0 Å². The molecule has 42 heavy (non-hydrogen) atoms. The molecular formula is C35H37ClNNaO3S. The molecule has 0 spiro atoms. The molecule has 1 heterocycles. The fourth-order valence-corrected chi connectivity index (χ4v) is 6.73. The molecule has 0 amide bonds. The van der Waals surface area contributed by atoms with Crippen LogP contribution in [0.4, 0.5) is 0 Å². The first-order valence-corrected chi connectivity index (χ1v) is 15.0. The van der Waals surface area contributed by atoms with Gasteiger partial charge in [-0.05, 0) is 97.4 Å². The Hall–Kier alpha value is -2.12. The van der Waals surface area contributed by atoms with Crippen molar-refractivity contribution in [3.8, 4) is 0 Å². The zero-order valence-electron chi connectivity index (χ0n) is 23.4. The van der Waals surface area contributed by atoms with Crippen LogP contribution in [0.3, 0.4) is 0 Å². The van der Waals surface area contributed by atoms with Crippen LogP contribution in [0.15, 0.2) is 78.9 Å². The van der Waals surface area contributed by atoms with Crippen molar-refractivity contribution in [2.75, 3.05) is 0 Å². The van der Waals surface area contributed by atoms with Crippen molar-refractivity contribution in [1.82, 2.24) is 4.98 Å². The predicted molar refractivity (Wildman–Crippen MR) is 179 cm³/mol. The van der Waals surface area contributed by atoms with E-state index in [1.165, 1.54) is 0 Å². The van der Waals surface area contributed by atoms with Gasteiger partial charge in [0.1, 0.15) is 0 Å². The second kappa shape index (κ2) is 13.7. The Kier molecular flexibility index (Phi) is 10.7. The van der Waals surface area contributed by atoms with Gasteiger partial charge < -0.3 is 10.2 Å². The van der Waals surface area contributed by atoms with E-state index in [2.05, 4.69) is 36.4 Å². The summed E-state index contributed by atoms with van der Waals surface area (Å²) >= 11 is 11.3. The Balaban J connectivity index is 0.00000405. The molecule has 5 rings (SSSR count). The summed E-state index contributed by atoms with van der Waals surface area (Å²) in [6, 6.07) is 26.2. The van der Waals surface area contributed by atoms with Crippen LogP contribution in [0, 0.1) is 5.41 Å². The number of thiol groups is 1. The van der Waals surface area contributed by atoms with Crippen molar-refractivity contribution in [3.63, 3.8) is 0 Å². The van der Waals surface area contributed by atoms with E-state index in [0.29, 0.717) is 5.02 Å². The van der Waals surface area contributed by atoms with Gasteiger partial charge in [-0.15, -0.1) is 0 Å². The summed E-state index contributed by atoms with van der Waals surface area (Å²) < 4.78 is 0. The van der Waals surface area contributed by atoms with Crippen LogP contribution in [0.1, 0.15) is 73.4 Å². The summed E-state index contributed by atoms with van der Waals surface area (Å²) in [7, 11) is 0. The standard InChI is InChI=1S/C35H36ClNO3S.Na.H/c1-34(2,40)30-9-4-3-7-24(30)13-17-29(33(41)35(18-19-35)22-32(38)39)26-8-5-6-23(20-26)10-15-28-16-12-25-11-14-27(36)21-31(25)37-28;;/h3-12,14-16,20-21,29,33,40-41H,13,17-19,22H2,1-2H3,(H,38,39);;/b15-10+;;/t29-,33?;;/m1../s1. The zero-order valence-corrected chi connectivity index (χ0v) is 25.1. The van der Waals surface area contributed by atoms with Crippen LogP contribution in [-0.2, 0) is 16.8 Å². The molecule has 2 N–H and O–H groups in total. The van der Waals surface area contributed by atoms with Gasteiger partial charge in [0, 0.05) is 15.7 Å². The molecule has 2 atom stereocenters. The van der Waals surface area contributed by atoms with Crippen molar-refractivity contribution in [1.29, 1.82) is 0 Å². The molecule has 1 aromatic heterocycles. The topological polar surface area (TPSA) is 70.4 Å². The molecule has 0 bridgehead atoms. The SMILES string of the molecule is CC(C)(O)c1ccccc1CC[C@H](c1cccc(/C=C/c2ccc3ccc(Cl)cc3n2)c1)C(S)C1(CC(=O)O)CC1.[NaH]. The van der Waals surface area contributed by atoms with E-state index < -0.39 is 11.6 Å². The van der Waals surface area contributed by atoms with Gasteiger partial charge in [0.05, 0.1) is 23.2 Å². The second-order valence-electron chi connectivity index (χ2n) is 11.8. The second-order valence-corrected chi connectivity index (χ2v) is 12.8. The quantitative estimate of drug-likeness (QED) is 0.119. The molecular weight excluding hydrogens is 573 g/mol. The Morgan fingerprint density at radius 1 is 1.05 bits per heavy atom. The number of pyridine rings is 1. The maximum atomic E-state index is 11.7. The average Bonchev–Trinajstić information content (AvgIpc) is 3.71. The third kappa shape index (κ3) is 7.88. The molecule has 7 heteroatoms. The van der Waals surface area contributed by atoms with E-state index >= 15 is 0 Å². The third-order valence-corrected chi connectivity index (χ3v) is 9.41. The Labute approximate surface area is 280 Å². The number of benzene rings is 3. The number of fused-ring (bicyclic) bond motifs is 1. The van der Waals surface area contributed by atoms with Crippen molar-refractivity contribution in [3.05, 3.63) is 112 Å². The van der Waals surface area contributed by atoms with Gasteiger partial charge in [0.15, 0.2) is 0 Å². The Bertz CT molecular complexity index is 1590. The van der Waals surface area contributed by atoms with E-state index in [9.17, 15) is 15.0 Å². The van der Waals surface area contributed by atoms with Crippen molar-refractivity contribution >= 4 is 82.8 Å². The minimum absolute atomic E-state index is 0. The van der Waals surface area contributed by atoms with E-state index in [1.807, 2.05) is 68.5 Å². The van der Waals surface area contributed by atoms with E-state index in [4.69, 9.17) is 29.2 Å². The van der Waals surface area contributed by atoms with E-state index in [1.54, 1.807) is 0 Å². The molecule has 1 unspecified atom stereocenters. The average molecular weight is 610 g/mol. The molecule has 4 nitrogen and oxygen atoms in total. The van der Waals surface area contributed by atoms with Crippen LogP contribution in [0.25, 0.3) is 23.1 Å². The van der Waals surface area contributed by atoms with Gasteiger partial charge in [0.2, 0.25) is 0 Å². The first-order chi connectivity index (χ1) is 19.5. The third-order valence-electron chi connectivity index (χ3n) is 8.27. The van der Waals surface area contributed by atoms with Gasteiger partial charge in [-0.2, -0.15) is 12.6 Å². The number of nitrogens with zero attached hydrogens (tertiary/aromatic N) is 1. The van der Waals surface area contributed by atoms with Gasteiger partial charge in [-0.3, -0.25) is 4.79 Å². The van der Waals surface area contributed by atoms with E-state index in [0.717, 1.165) is 64.5 Å². The molecule has 0 saturated heterocycles. The molecule has 1 saturated carbocycles. The summed E-state index contributed by atoms with van der Waals surface area (Å²) in [6.07, 6.45) is 7.50. The van der Waals surface area contributed by atoms with Crippen LogP contribution in [-0.4, -0.2) is 56.0 Å². The Morgan fingerprint density at radius 3 is 2.50 bits per heavy atom. The maximum absolute atomic E-state index is 11.7. The first kappa shape index (κ1) is 32.8. The van der Waals surface area contributed by atoms with Gasteiger partial charge in [-0.1, -0.05) is 78.3 Å². The predicted octanol–water partition coefficient (Wildman–Crippen LogP) is 7.91. The summed E-state index contributed by atoms with van der Waals surface area (Å²) in [5.74, 6) is -0.724. The van der Waals surface area contributed by atoms with Gasteiger partial charge in [-0.25, -0.2) is 4.98 Å². The molecule has 1 aliphatic rings. The van der Waals surface area contributed by atoms with Crippen LogP contribution in [0.2, 0.25) is 5.02 Å². The number of aryl methyl sites for hydroxylation is 1. The van der Waals surface area contributed by atoms with Crippen molar-refractivity contribution < 1.29 is 15.0 Å². The number of rotatable bonds is 11. The summed E-state index contributed by atoms with van der Waals surface area (Å²) in [5, 5.41) is 22.0. The summed E-state index contributed by atoms with van der Waals surface area (Å²) in [5.41, 5.74) is 4.66. The molecule has 4 aromatic rings. The normalized spacial score (nSPS) is 15.7. The molecule has 0 radical (unpaired) electrons. The summed E-state index contributed by atoms with van der Waals surface area (Å²) in [4.78, 5) is 16.5. The molecule has 0 aliphatic heterocycles.